The minimum absolute atomic E-state index is 0.152. The van der Waals surface area contributed by atoms with Crippen molar-refractivity contribution in [1.29, 1.82) is 0 Å². The average molecular weight is 396 g/mol. The first-order chi connectivity index (χ1) is 10.6. The highest BCUT2D eigenvalue weighted by atomic mass is 79.9. The van der Waals surface area contributed by atoms with Crippen LogP contribution < -0.4 is 10.9 Å². The SMILES string of the molecule is O=C(CSc1nc2sccc2c(=O)[nH]1)Nc1ccc(Br)cc1. The molecule has 0 saturated heterocycles. The Bertz CT molecular complexity index is 874. The van der Waals surface area contributed by atoms with Gasteiger partial charge in [0.1, 0.15) is 4.83 Å². The molecule has 0 aliphatic rings. The summed E-state index contributed by atoms with van der Waals surface area (Å²) in [6, 6.07) is 9.06. The third-order valence-corrected chi connectivity index (χ3v) is 4.99. The van der Waals surface area contributed by atoms with Gasteiger partial charge in [0.15, 0.2) is 5.16 Å². The van der Waals surface area contributed by atoms with E-state index in [2.05, 4.69) is 31.2 Å². The van der Waals surface area contributed by atoms with E-state index in [1.54, 1.807) is 6.07 Å². The predicted octanol–water partition coefficient (Wildman–Crippen LogP) is 3.48. The fourth-order valence-electron chi connectivity index (χ4n) is 1.78. The van der Waals surface area contributed by atoms with Gasteiger partial charge in [0, 0.05) is 10.2 Å². The number of hydrogen-bond donors (Lipinski definition) is 2. The second-order valence-corrected chi connectivity index (χ2v) is 7.13. The van der Waals surface area contributed by atoms with E-state index in [0.29, 0.717) is 15.4 Å². The molecule has 0 bridgehead atoms. The lowest BCUT2D eigenvalue weighted by molar-refractivity contribution is -0.113. The van der Waals surface area contributed by atoms with Crippen LogP contribution in [0.15, 0.2) is 50.1 Å². The molecule has 0 radical (unpaired) electrons. The monoisotopic (exact) mass is 395 g/mol. The highest BCUT2D eigenvalue weighted by Crippen LogP contribution is 2.19. The number of amides is 1. The number of thioether (sulfide) groups is 1. The van der Waals surface area contributed by atoms with Crippen LogP contribution in [0.1, 0.15) is 0 Å². The maximum atomic E-state index is 11.9. The van der Waals surface area contributed by atoms with Gasteiger partial charge in [-0.3, -0.25) is 9.59 Å². The molecule has 0 aliphatic heterocycles. The number of aromatic nitrogens is 2. The second kappa shape index (κ2) is 6.64. The third kappa shape index (κ3) is 3.57. The molecule has 0 unspecified atom stereocenters. The summed E-state index contributed by atoms with van der Waals surface area (Å²) in [5, 5.41) is 5.64. The Kier molecular flexibility index (Phi) is 4.60. The van der Waals surface area contributed by atoms with Crippen molar-refractivity contribution in [2.24, 2.45) is 0 Å². The molecule has 0 fully saturated rings. The average Bonchev–Trinajstić information content (AvgIpc) is 2.97. The quantitative estimate of drug-likeness (QED) is 0.523. The number of benzene rings is 1. The first kappa shape index (κ1) is 15.3. The number of carbonyl (C=O) groups excluding carboxylic acids is 1. The summed E-state index contributed by atoms with van der Waals surface area (Å²) in [6.45, 7) is 0. The van der Waals surface area contributed by atoms with Crippen molar-refractivity contribution in [2.45, 2.75) is 5.16 Å². The van der Waals surface area contributed by atoms with Crippen LogP contribution in [0.5, 0.6) is 0 Å². The Hall–Kier alpha value is -1.64. The van der Waals surface area contributed by atoms with E-state index in [1.807, 2.05) is 29.6 Å². The van der Waals surface area contributed by atoms with Gasteiger partial charge in [0.05, 0.1) is 11.1 Å². The third-order valence-electron chi connectivity index (χ3n) is 2.78. The molecule has 8 heteroatoms. The Morgan fingerprint density at radius 3 is 2.86 bits per heavy atom. The number of H-pyrrole nitrogens is 1. The fraction of sp³-hybridized carbons (Fsp3) is 0.0714. The summed E-state index contributed by atoms with van der Waals surface area (Å²) >= 11 is 5.94. The maximum absolute atomic E-state index is 11.9. The lowest BCUT2D eigenvalue weighted by atomic mass is 10.3. The topological polar surface area (TPSA) is 74.8 Å². The number of carbonyl (C=O) groups is 1. The van der Waals surface area contributed by atoms with Crippen LogP contribution in [-0.2, 0) is 4.79 Å². The van der Waals surface area contributed by atoms with Gasteiger partial charge in [0.25, 0.3) is 5.56 Å². The van der Waals surface area contributed by atoms with Gasteiger partial charge in [-0.2, -0.15) is 0 Å². The van der Waals surface area contributed by atoms with E-state index >= 15 is 0 Å². The lowest BCUT2D eigenvalue weighted by Crippen LogP contribution is -2.15. The number of nitrogens with one attached hydrogen (secondary N) is 2. The van der Waals surface area contributed by atoms with Gasteiger partial charge in [0.2, 0.25) is 5.91 Å². The summed E-state index contributed by atoms with van der Waals surface area (Å²) in [7, 11) is 0. The second-order valence-electron chi connectivity index (χ2n) is 4.35. The largest absolute Gasteiger partial charge is 0.325 e. The van der Waals surface area contributed by atoms with E-state index in [-0.39, 0.29) is 17.2 Å². The van der Waals surface area contributed by atoms with Crippen molar-refractivity contribution in [2.75, 3.05) is 11.1 Å². The molecule has 0 spiro atoms. The number of thiophene rings is 1. The number of aromatic amines is 1. The van der Waals surface area contributed by atoms with Crippen molar-refractivity contribution in [1.82, 2.24) is 9.97 Å². The van der Waals surface area contributed by atoms with Crippen molar-refractivity contribution in [3.8, 4) is 0 Å². The lowest BCUT2D eigenvalue weighted by Gasteiger charge is -2.05. The normalized spacial score (nSPS) is 10.8. The Labute approximate surface area is 142 Å². The van der Waals surface area contributed by atoms with E-state index in [4.69, 9.17) is 0 Å². The molecule has 2 N–H and O–H groups in total. The molecular weight excluding hydrogens is 386 g/mol. The van der Waals surface area contributed by atoms with E-state index in [1.165, 1.54) is 23.1 Å². The van der Waals surface area contributed by atoms with Crippen LogP contribution in [-0.4, -0.2) is 21.6 Å². The number of fused-ring (bicyclic) bond motifs is 1. The van der Waals surface area contributed by atoms with Gasteiger partial charge >= 0.3 is 0 Å². The van der Waals surface area contributed by atoms with Crippen LogP contribution in [0, 0.1) is 0 Å². The summed E-state index contributed by atoms with van der Waals surface area (Å²) in [5.41, 5.74) is 0.547. The predicted molar refractivity (Wildman–Crippen MR) is 93.7 cm³/mol. The number of hydrogen-bond acceptors (Lipinski definition) is 5. The van der Waals surface area contributed by atoms with Gasteiger partial charge < -0.3 is 10.3 Å². The van der Waals surface area contributed by atoms with Crippen LogP contribution in [0.2, 0.25) is 0 Å². The highest BCUT2D eigenvalue weighted by Gasteiger charge is 2.08. The molecule has 5 nitrogen and oxygen atoms in total. The van der Waals surface area contributed by atoms with Crippen LogP contribution in [0.25, 0.3) is 10.2 Å². The van der Waals surface area contributed by atoms with E-state index in [9.17, 15) is 9.59 Å². The number of anilines is 1. The van der Waals surface area contributed by atoms with Crippen LogP contribution in [0.4, 0.5) is 5.69 Å². The molecule has 3 aromatic rings. The molecule has 1 amide bonds. The van der Waals surface area contributed by atoms with Crippen LogP contribution >= 0.6 is 39.0 Å². The summed E-state index contributed by atoms with van der Waals surface area (Å²) in [6.07, 6.45) is 0. The van der Waals surface area contributed by atoms with Gasteiger partial charge in [-0.05, 0) is 35.7 Å². The van der Waals surface area contributed by atoms with Crippen molar-refractivity contribution in [3.63, 3.8) is 0 Å². The molecule has 0 saturated carbocycles. The van der Waals surface area contributed by atoms with Crippen molar-refractivity contribution >= 4 is 60.8 Å². The van der Waals surface area contributed by atoms with Crippen molar-refractivity contribution < 1.29 is 4.79 Å². The molecular formula is C14H10BrN3O2S2. The van der Waals surface area contributed by atoms with E-state index < -0.39 is 0 Å². The fourth-order valence-corrected chi connectivity index (χ4v) is 3.53. The molecule has 3 rings (SSSR count). The molecule has 1 aromatic carbocycles. The zero-order valence-electron chi connectivity index (χ0n) is 11.1. The summed E-state index contributed by atoms with van der Waals surface area (Å²) in [5.74, 6) is 0.0249. The number of nitrogens with zero attached hydrogens (tertiary/aromatic N) is 1. The number of rotatable bonds is 4. The first-order valence-corrected chi connectivity index (χ1v) is 8.93. The van der Waals surface area contributed by atoms with Crippen molar-refractivity contribution in [3.05, 3.63) is 50.5 Å². The minimum Gasteiger partial charge on any atom is -0.325 e. The molecule has 22 heavy (non-hydrogen) atoms. The smallest absolute Gasteiger partial charge is 0.260 e. The summed E-state index contributed by atoms with van der Waals surface area (Å²) < 4.78 is 0.950. The van der Waals surface area contributed by atoms with Gasteiger partial charge in [-0.1, -0.05) is 27.7 Å². The first-order valence-electron chi connectivity index (χ1n) is 6.27. The molecule has 2 aromatic heterocycles. The van der Waals surface area contributed by atoms with E-state index in [0.717, 1.165) is 10.2 Å². The van der Waals surface area contributed by atoms with Crippen LogP contribution in [0.3, 0.4) is 0 Å². The van der Waals surface area contributed by atoms with Gasteiger partial charge in [-0.15, -0.1) is 11.3 Å². The standard InChI is InChI=1S/C14H10BrN3O2S2/c15-8-1-3-9(4-2-8)16-11(19)7-22-14-17-12(20)10-5-6-21-13(10)18-14/h1-6H,7H2,(H,16,19)(H,17,18,20). The Morgan fingerprint density at radius 2 is 2.09 bits per heavy atom. The molecule has 2 heterocycles. The minimum atomic E-state index is -0.179. The maximum Gasteiger partial charge on any atom is 0.260 e. The molecule has 112 valence electrons. The Balaban J connectivity index is 1.64. The Morgan fingerprint density at radius 1 is 1.32 bits per heavy atom. The zero-order valence-corrected chi connectivity index (χ0v) is 14.3. The highest BCUT2D eigenvalue weighted by molar-refractivity contribution is 9.10. The zero-order chi connectivity index (χ0) is 15.5. The summed E-state index contributed by atoms with van der Waals surface area (Å²) in [4.78, 5) is 31.4. The van der Waals surface area contributed by atoms with Gasteiger partial charge in [-0.25, -0.2) is 4.98 Å². The number of halogens is 1. The molecule has 0 atom stereocenters. The molecule has 0 aliphatic carbocycles.